The summed E-state index contributed by atoms with van der Waals surface area (Å²) in [6, 6.07) is 31.8. The molecule has 8 aliphatic heterocycles. The van der Waals surface area contributed by atoms with E-state index in [1.807, 2.05) is 119 Å². The van der Waals surface area contributed by atoms with Crippen LogP contribution >= 0.6 is 83.7 Å². The van der Waals surface area contributed by atoms with Crippen molar-refractivity contribution >= 4 is 185 Å². The van der Waals surface area contributed by atoms with Gasteiger partial charge >= 0.3 is 6.18 Å². The van der Waals surface area contributed by atoms with E-state index in [1.165, 1.54) is 11.6 Å². The normalized spacial score (nSPS) is 15.8. The summed E-state index contributed by atoms with van der Waals surface area (Å²) in [7, 11) is 6.24. The predicted octanol–water partition coefficient (Wildman–Crippen LogP) is 20.2. The zero-order chi connectivity index (χ0) is 95.0. The van der Waals surface area contributed by atoms with Gasteiger partial charge in [0.15, 0.2) is 0 Å². The van der Waals surface area contributed by atoms with Crippen molar-refractivity contribution in [2.75, 3.05) is 153 Å². The number of rotatable bonds is 18. The fourth-order valence-corrected chi connectivity index (χ4v) is 19.3. The highest BCUT2D eigenvalue weighted by Gasteiger charge is 2.34. The van der Waals surface area contributed by atoms with E-state index < -0.39 is 11.7 Å². The number of fused-ring (bicyclic) bond motifs is 13. The number of morpholine rings is 1. The maximum atomic E-state index is 13.2. The number of aromatic nitrogens is 12. The van der Waals surface area contributed by atoms with Gasteiger partial charge < -0.3 is 77.5 Å². The molecule has 38 heteroatoms. The number of benzene rings is 4. The molecule has 3 saturated heterocycles. The third-order valence-electron chi connectivity index (χ3n) is 24.8. The smallest absolute Gasteiger partial charge is 0.378 e. The van der Waals surface area contributed by atoms with Gasteiger partial charge in [-0.25, -0.2) is 54.2 Å². The van der Waals surface area contributed by atoms with Gasteiger partial charge in [-0.1, -0.05) is 89.7 Å². The van der Waals surface area contributed by atoms with Crippen molar-refractivity contribution < 1.29 is 22.3 Å². The van der Waals surface area contributed by atoms with Crippen molar-refractivity contribution in [2.24, 2.45) is 0 Å². The number of thiocarbonyl (C=S) groups is 4. The molecule has 16 heterocycles. The molecule has 704 valence electrons. The number of likely N-dealkylation sites (tertiary alicyclic amines) is 1. The first-order chi connectivity index (χ1) is 65.6. The third-order valence-corrected chi connectivity index (χ3v) is 26.6. The van der Waals surface area contributed by atoms with E-state index in [9.17, 15) is 17.6 Å². The molecule has 0 atom stereocenters. The molecular formula is C98H103Cl3F4N26OS4. The summed E-state index contributed by atoms with van der Waals surface area (Å²) < 4.78 is 57.8. The summed E-state index contributed by atoms with van der Waals surface area (Å²) in [4.78, 5) is 67.7. The number of nitrogens with one attached hydrogen (secondary N) is 10. The van der Waals surface area contributed by atoms with Crippen molar-refractivity contribution in [2.45, 2.75) is 123 Å². The standard InChI is InChI=1S/C27H32ClN7OS.C25H26ClFN6S.C23H24ClN7S.C23H21F3N6S/c1-17-22(6-7-24(30-17)35-9-11-36-12-10-35)32-27-29-16-19-14-25(37)31-23-15-21(28)18(5-4-8-34(2)3)13-20(23)26(19)33-27;1-15-21(10-17(13-28-15)16-4-7-33(8-5-16)9-6-27)31-25-29-14-18-11-23(34)30-22-12-19(26)2-3-20(22)24(18)32-25;1-13-18(4-5-20(27-13)28-16-6-8-25-9-7-16)30-23-26-12-14-10-21(32)29-19-11-15(24)2-3-17(19)22(14)31-23;1-12-18(7-14-11-32(2)6-5-17(14)28-12)30-22-27-10-13-8-20(33)29-19-9-15(23(24,25)26)3-4-16(19)21(13)31-22/h6-7,13,15-16H,4-5,8-12,14H2,1-3H3,(H,31,37)(H,29,32,33);2-3,10,12-14,16H,4-9,11H2,1H3,(H,30,34)(H,29,31,32);2-5,11-12,16,25H,6-10H2,1H3,(H,27,28)(H,29,32)(H,26,30,31);3-4,7,9-10H,5-6,8,11H2,1-2H3,(H,29,33)(H,27,30,31). The predicted molar refractivity (Wildman–Crippen MR) is 552 cm³/mol. The lowest BCUT2D eigenvalue weighted by Crippen LogP contribution is -2.36. The zero-order valence-electron chi connectivity index (χ0n) is 76.2. The van der Waals surface area contributed by atoms with Crippen molar-refractivity contribution in [1.29, 1.82) is 0 Å². The van der Waals surface area contributed by atoms with E-state index in [4.69, 9.17) is 118 Å². The van der Waals surface area contributed by atoms with Crippen LogP contribution in [-0.2, 0) is 56.0 Å². The average Bonchev–Trinajstić information content (AvgIpc) is 1.64. The summed E-state index contributed by atoms with van der Waals surface area (Å²) in [6.45, 7) is 18.0. The third kappa shape index (κ3) is 23.7. The molecular weight excluding hydrogens is 1870 g/mol. The second kappa shape index (κ2) is 43.1. The Balaban J connectivity index is 0.000000126. The summed E-state index contributed by atoms with van der Waals surface area (Å²) in [5.74, 6) is 4.16. The fraction of sp³-hybridized carbons (Fsp3) is 0.347. The van der Waals surface area contributed by atoms with Gasteiger partial charge in [0.25, 0.3) is 0 Å². The summed E-state index contributed by atoms with van der Waals surface area (Å²) >= 11 is 40.9. The van der Waals surface area contributed by atoms with Crippen LogP contribution in [0.5, 0.6) is 0 Å². The average molecular weight is 1970 g/mol. The number of ether oxygens (including phenoxy) is 1. The molecule has 0 aliphatic carbocycles. The van der Waals surface area contributed by atoms with E-state index in [2.05, 4.69) is 142 Å². The van der Waals surface area contributed by atoms with Gasteiger partial charge in [0.05, 0.1) is 107 Å². The molecule has 0 unspecified atom stereocenters. The maximum absolute atomic E-state index is 13.2. The van der Waals surface area contributed by atoms with Crippen LogP contribution in [0.25, 0.3) is 45.0 Å². The minimum absolute atomic E-state index is 0.285. The van der Waals surface area contributed by atoms with E-state index in [1.54, 1.807) is 6.20 Å². The second-order valence-corrected chi connectivity index (χ2v) is 38.3. The van der Waals surface area contributed by atoms with E-state index >= 15 is 0 Å². The number of halogens is 7. The van der Waals surface area contributed by atoms with Crippen molar-refractivity contribution in [1.82, 2.24) is 79.8 Å². The Hall–Kier alpha value is -11.5. The maximum Gasteiger partial charge on any atom is 0.416 e. The molecule has 0 radical (unpaired) electrons. The van der Waals surface area contributed by atoms with Crippen LogP contribution in [-0.4, -0.2) is 200 Å². The molecule has 0 spiro atoms. The Kier molecular flexibility index (Phi) is 30.5. The molecule has 8 aromatic heterocycles. The summed E-state index contributed by atoms with van der Waals surface area (Å²) in [5.41, 5.74) is 23.8. The lowest BCUT2D eigenvalue weighted by atomic mass is 9.90. The van der Waals surface area contributed by atoms with Crippen LogP contribution in [0, 0.1) is 27.7 Å². The minimum atomic E-state index is -4.45. The molecule has 27 nitrogen and oxygen atoms in total. The van der Waals surface area contributed by atoms with Gasteiger partial charge in [-0.05, 0) is 240 Å². The summed E-state index contributed by atoms with van der Waals surface area (Å²) in [6.07, 6.45) is 13.8. The van der Waals surface area contributed by atoms with E-state index in [-0.39, 0.29) is 12.4 Å². The lowest BCUT2D eigenvalue weighted by Gasteiger charge is -2.31. The number of hydrogen-bond acceptors (Lipinski definition) is 27. The Bertz CT molecular complexity index is 6540. The summed E-state index contributed by atoms with van der Waals surface area (Å²) in [5, 5.41) is 35.1. The highest BCUT2D eigenvalue weighted by atomic mass is 35.5. The SMILES string of the molecule is Cc1nc(N2CCOCC2)ccc1Nc1ncc2c(n1)-c1cc(CCCN(C)C)c(Cl)cc1NC(=S)C2.Cc1nc(NC2CCNCC2)ccc1Nc1ncc2c(n1)-c1ccc(Cl)cc1NC(=S)C2.Cc1nc2c(cc1Nc1ncc3c(n1)-c1ccc(C(F)(F)F)cc1NC(=S)C3)CN(C)CC2.Cc1ncc(C2CCN(CCF)CC2)cc1Nc1ncc2c(n1)-c1ccc(Cl)cc1NC(=S)C2. The molecule has 0 bridgehead atoms. The van der Waals surface area contributed by atoms with Gasteiger partial charge in [0.1, 0.15) is 18.3 Å². The quantitative estimate of drug-likeness (QED) is 0.0282. The highest BCUT2D eigenvalue weighted by Crippen LogP contribution is 2.44. The molecule has 12 aromatic rings. The molecule has 0 amide bonds. The second-order valence-electron chi connectivity index (χ2n) is 35.0. The molecule has 0 saturated carbocycles. The lowest BCUT2D eigenvalue weighted by molar-refractivity contribution is -0.137. The van der Waals surface area contributed by atoms with Crippen LogP contribution in [0.3, 0.4) is 0 Å². The number of anilines is 14. The number of nitrogens with zero attached hydrogens (tertiary/aromatic N) is 16. The Morgan fingerprint density at radius 3 is 1.51 bits per heavy atom. The number of aryl methyl sites for hydroxylation is 5. The number of likely N-dealkylation sites (N-methyl/N-ethyl adjacent to an activating group) is 1. The van der Waals surface area contributed by atoms with Crippen LogP contribution < -0.4 is 58.1 Å². The minimum Gasteiger partial charge on any atom is -0.378 e. The Morgan fingerprint density at radius 1 is 0.500 bits per heavy atom. The fourth-order valence-electron chi connectivity index (χ4n) is 17.6. The first kappa shape index (κ1) is 96.2. The van der Waals surface area contributed by atoms with Crippen LogP contribution in [0.1, 0.15) is 111 Å². The monoisotopic (exact) mass is 1970 g/mol. The van der Waals surface area contributed by atoms with Gasteiger partial charge in [-0.15, -0.1) is 0 Å². The molecule has 3 fully saturated rings. The first-order valence-electron chi connectivity index (χ1n) is 45.3. The van der Waals surface area contributed by atoms with Crippen LogP contribution in [0.15, 0.2) is 134 Å². The molecule has 4 aromatic carbocycles. The number of hydrogen-bond donors (Lipinski definition) is 10. The number of alkyl halides is 4. The van der Waals surface area contributed by atoms with Gasteiger partial charge in [-0.3, -0.25) is 9.97 Å². The van der Waals surface area contributed by atoms with Gasteiger partial charge in [0, 0.05) is 190 Å². The molecule has 20 rings (SSSR count). The van der Waals surface area contributed by atoms with Crippen molar-refractivity contribution in [3.05, 3.63) is 222 Å². The molecule has 8 aliphatic rings. The Labute approximate surface area is 823 Å². The number of pyridine rings is 4. The first-order valence-corrected chi connectivity index (χ1v) is 48.0. The van der Waals surface area contributed by atoms with Crippen LogP contribution in [0.2, 0.25) is 15.1 Å². The highest BCUT2D eigenvalue weighted by molar-refractivity contribution is 7.81. The van der Waals surface area contributed by atoms with Crippen LogP contribution in [0.4, 0.5) is 98.5 Å². The van der Waals surface area contributed by atoms with Crippen molar-refractivity contribution in [3.63, 3.8) is 0 Å². The van der Waals surface area contributed by atoms with E-state index in [0.717, 1.165) is 286 Å². The van der Waals surface area contributed by atoms with E-state index in [0.29, 0.717) is 104 Å². The molecule has 136 heavy (non-hydrogen) atoms. The topological polar surface area (TPSA) is 297 Å². The molecule has 10 N–H and O–H groups in total. The largest absolute Gasteiger partial charge is 0.416 e. The zero-order valence-corrected chi connectivity index (χ0v) is 81.7. The van der Waals surface area contributed by atoms with Gasteiger partial charge in [-0.2, -0.15) is 13.2 Å². The Morgan fingerprint density at radius 2 is 0.993 bits per heavy atom. The van der Waals surface area contributed by atoms with Crippen molar-refractivity contribution in [3.8, 4) is 45.0 Å². The van der Waals surface area contributed by atoms with Gasteiger partial charge in [0.2, 0.25) is 23.8 Å². The number of piperidine rings is 2.